The molecule has 0 aromatic carbocycles. The van der Waals surface area contributed by atoms with Crippen LogP contribution in [0.15, 0.2) is 12.4 Å². The van der Waals surface area contributed by atoms with Crippen LogP contribution in [0, 0.1) is 6.92 Å². The Morgan fingerprint density at radius 2 is 2.21 bits per heavy atom. The van der Waals surface area contributed by atoms with E-state index in [0.29, 0.717) is 13.2 Å². The number of rotatable bonds is 2. The van der Waals surface area contributed by atoms with Crippen LogP contribution in [0.4, 0.5) is 0 Å². The summed E-state index contributed by atoms with van der Waals surface area (Å²) in [5.41, 5.74) is 6.86. The Hall–Kier alpha value is -1.00. The molecule has 1 fully saturated rings. The minimum Gasteiger partial charge on any atom is -0.380 e. The number of hydrogen-bond acceptors (Lipinski definition) is 4. The zero-order valence-electron chi connectivity index (χ0n) is 8.36. The Labute approximate surface area is 83.5 Å². The Morgan fingerprint density at radius 3 is 2.71 bits per heavy atom. The molecule has 1 aromatic heterocycles. The molecule has 0 amide bonds. The van der Waals surface area contributed by atoms with Crippen LogP contribution in [0.3, 0.4) is 0 Å². The van der Waals surface area contributed by atoms with Gasteiger partial charge in [-0.1, -0.05) is 0 Å². The summed E-state index contributed by atoms with van der Waals surface area (Å²) < 4.78 is 5.40. The highest BCUT2D eigenvalue weighted by Gasteiger charge is 2.35. The van der Waals surface area contributed by atoms with Crippen molar-refractivity contribution in [2.45, 2.75) is 18.8 Å². The summed E-state index contributed by atoms with van der Waals surface area (Å²) in [5.74, 6) is 0.792. The molecule has 2 rings (SSSR count). The van der Waals surface area contributed by atoms with Crippen LogP contribution >= 0.6 is 0 Å². The SMILES string of the molecule is Cc1ncc(C2(CN)CCOC2)cn1. The Balaban J connectivity index is 2.31. The predicted molar refractivity (Wildman–Crippen MR) is 52.9 cm³/mol. The molecule has 0 aliphatic carbocycles. The standard InChI is InChI=1S/C10H15N3O/c1-8-12-4-9(5-13-8)10(6-11)2-3-14-7-10/h4-5H,2-3,6-7,11H2,1H3. The van der Waals surface area contributed by atoms with Crippen LogP contribution in [-0.4, -0.2) is 29.7 Å². The van der Waals surface area contributed by atoms with Crippen molar-refractivity contribution in [2.24, 2.45) is 5.73 Å². The summed E-state index contributed by atoms with van der Waals surface area (Å²) in [6.07, 6.45) is 4.70. The quantitative estimate of drug-likeness (QED) is 0.738. The lowest BCUT2D eigenvalue weighted by Crippen LogP contribution is -2.35. The van der Waals surface area contributed by atoms with Gasteiger partial charge in [0.25, 0.3) is 0 Å². The van der Waals surface area contributed by atoms with Gasteiger partial charge in [0.05, 0.1) is 6.61 Å². The van der Waals surface area contributed by atoms with E-state index < -0.39 is 0 Å². The number of aryl methyl sites for hydroxylation is 1. The zero-order valence-corrected chi connectivity index (χ0v) is 8.36. The van der Waals surface area contributed by atoms with E-state index in [2.05, 4.69) is 9.97 Å². The third-order valence-corrected chi connectivity index (χ3v) is 2.89. The fraction of sp³-hybridized carbons (Fsp3) is 0.600. The summed E-state index contributed by atoms with van der Waals surface area (Å²) in [5, 5.41) is 0. The third-order valence-electron chi connectivity index (χ3n) is 2.89. The van der Waals surface area contributed by atoms with Gasteiger partial charge in [-0.25, -0.2) is 9.97 Å². The van der Waals surface area contributed by atoms with Gasteiger partial charge < -0.3 is 10.5 Å². The van der Waals surface area contributed by atoms with E-state index in [-0.39, 0.29) is 5.41 Å². The molecule has 2 heterocycles. The van der Waals surface area contributed by atoms with E-state index >= 15 is 0 Å². The summed E-state index contributed by atoms with van der Waals surface area (Å²) in [6.45, 7) is 3.95. The molecule has 4 nitrogen and oxygen atoms in total. The van der Waals surface area contributed by atoms with Crippen molar-refractivity contribution in [2.75, 3.05) is 19.8 Å². The van der Waals surface area contributed by atoms with Crippen molar-refractivity contribution < 1.29 is 4.74 Å². The predicted octanol–water partition coefficient (Wildman–Crippen LogP) is 0.402. The van der Waals surface area contributed by atoms with E-state index in [9.17, 15) is 0 Å². The molecular weight excluding hydrogens is 178 g/mol. The highest BCUT2D eigenvalue weighted by molar-refractivity contribution is 5.21. The van der Waals surface area contributed by atoms with Gasteiger partial charge in [0.15, 0.2) is 0 Å². The molecule has 1 unspecified atom stereocenters. The van der Waals surface area contributed by atoms with Gasteiger partial charge in [0.2, 0.25) is 0 Å². The molecule has 1 aliphatic rings. The van der Waals surface area contributed by atoms with E-state index in [1.807, 2.05) is 19.3 Å². The van der Waals surface area contributed by atoms with Crippen molar-refractivity contribution in [3.8, 4) is 0 Å². The molecule has 1 aromatic rings. The van der Waals surface area contributed by atoms with Crippen molar-refractivity contribution >= 4 is 0 Å². The smallest absolute Gasteiger partial charge is 0.125 e. The first-order valence-corrected chi connectivity index (χ1v) is 4.84. The van der Waals surface area contributed by atoms with Gasteiger partial charge in [-0.3, -0.25) is 0 Å². The van der Waals surface area contributed by atoms with E-state index in [0.717, 1.165) is 24.4 Å². The van der Waals surface area contributed by atoms with Gasteiger partial charge in [-0.15, -0.1) is 0 Å². The second-order valence-electron chi connectivity index (χ2n) is 3.81. The third kappa shape index (κ3) is 1.51. The Morgan fingerprint density at radius 1 is 1.50 bits per heavy atom. The largest absolute Gasteiger partial charge is 0.380 e. The van der Waals surface area contributed by atoms with Crippen LogP contribution in [0.1, 0.15) is 17.8 Å². The van der Waals surface area contributed by atoms with Gasteiger partial charge in [0.1, 0.15) is 5.82 Å². The average Bonchev–Trinajstić information content (AvgIpc) is 2.68. The van der Waals surface area contributed by atoms with Gasteiger partial charge in [-0.2, -0.15) is 0 Å². The molecule has 14 heavy (non-hydrogen) atoms. The monoisotopic (exact) mass is 193 g/mol. The molecule has 0 saturated carbocycles. The van der Waals surface area contributed by atoms with Crippen molar-refractivity contribution in [3.63, 3.8) is 0 Å². The number of nitrogens with two attached hydrogens (primary N) is 1. The number of nitrogens with zero attached hydrogens (tertiary/aromatic N) is 2. The number of ether oxygens (including phenoxy) is 1. The maximum absolute atomic E-state index is 5.80. The first kappa shape index (κ1) is 9.55. The second-order valence-corrected chi connectivity index (χ2v) is 3.81. The molecule has 76 valence electrons. The molecule has 1 saturated heterocycles. The average molecular weight is 193 g/mol. The van der Waals surface area contributed by atoms with Crippen LogP contribution in [-0.2, 0) is 10.2 Å². The minimum absolute atomic E-state index is 0.0479. The summed E-state index contributed by atoms with van der Waals surface area (Å²) in [4.78, 5) is 8.39. The number of hydrogen-bond donors (Lipinski definition) is 1. The lowest BCUT2D eigenvalue weighted by atomic mass is 9.81. The molecule has 1 atom stereocenters. The van der Waals surface area contributed by atoms with Crippen LogP contribution in [0.2, 0.25) is 0 Å². The van der Waals surface area contributed by atoms with Gasteiger partial charge >= 0.3 is 0 Å². The zero-order chi connectivity index (χ0) is 10.0. The van der Waals surface area contributed by atoms with Crippen LogP contribution in [0.5, 0.6) is 0 Å². The topological polar surface area (TPSA) is 61.0 Å². The fourth-order valence-corrected chi connectivity index (χ4v) is 1.78. The minimum atomic E-state index is -0.0479. The van der Waals surface area contributed by atoms with E-state index in [4.69, 9.17) is 10.5 Å². The molecular formula is C10H15N3O. The first-order chi connectivity index (χ1) is 6.77. The molecule has 2 N–H and O–H groups in total. The van der Waals surface area contributed by atoms with Crippen LogP contribution < -0.4 is 5.73 Å². The Kier molecular flexibility index (Phi) is 2.48. The molecule has 0 radical (unpaired) electrons. The second kappa shape index (κ2) is 3.63. The summed E-state index contributed by atoms with van der Waals surface area (Å²) in [7, 11) is 0. The maximum Gasteiger partial charge on any atom is 0.125 e. The molecule has 0 bridgehead atoms. The van der Waals surface area contributed by atoms with Gasteiger partial charge in [0, 0.05) is 31.0 Å². The van der Waals surface area contributed by atoms with E-state index in [1.165, 1.54) is 0 Å². The lowest BCUT2D eigenvalue weighted by Gasteiger charge is -2.24. The maximum atomic E-state index is 5.80. The van der Waals surface area contributed by atoms with Crippen LogP contribution in [0.25, 0.3) is 0 Å². The van der Waals surface area contributed by atoms with Gasteiger partial charge in [-0.05, 0) is 18.9 Å². The highest BCUT2D eigenvalue weighted by atomic mass is 16.5. The summed E-state index contributed by atoms with van der Waals surface area (Å²) >= 11 is 0. The van der Waals surface area contributed by atoms with Crippen molar-refractivity contribution in [3.05, 3.63) is 23.8 Å². The molecule has 1 aliphatic heterocycles. The highest BCUT2D eigenvalue weighted by Crippen LogP contribution is 2.31. The van der Waals surface area contributed by atoms with Crippen molar-refractivity contribution in [1.29, 1.82) is 0 Å². The molecule has 4 heteroatoms. The van der Waals surface area contributed by atoms with Crippen molar-refractivity contribution in [1.82, 2.24) is 9.97 Å². The summed E-state index contributed by atoms with van der Waals surface area (Å²) in [6, 6.07) is 0. The lowest BCUT2D eigenvalue weighted by molar-refractivity contribution is 0.178. The Bertz CT molecular complexity index is 304. The fourth-order valence-electron chi connectivity index (χ4n) is 1.78. The number of aromatic nitrogens is 2. The molecule has 0 spiro atoms. The normalized spacial score (nSPS) is 26.7. The first-order valence-electron chi connectivity index (χ1n) is 4.84. The van der Waals surface area contributed by atoms with E-state index in [1.54, 1.807) is 0 Å².